The Balaban J connectivity index is 2.85. The molecule has 0 unspecified atom stereocenters. The van der Waals surface area contributed by atoms with E-state index >= 15 is 0 Å². The van der Waals surface area contributed by atoms with Gasteiger partial charge >= 0.3 is 0 Å². The van der Waals surface area contributed by atoms with Crippen molar-refractivity contribution in [3.05, 3.63) is 0 Å². The highest BCUT2D eigenvalue weighted by Crippen LogP contribution is 2.05. The number of unbranched alkanes of at least 4 members (excludes halogenated alkanes) is 6. The molecule has 0 saturated heterocycles. The van der Waals surface area contributed by atoms with Crippen molar-refractivity contribution in [3.63, 3.8) is 0 Å². The molecular formula is C14H32N2O. The van der Waals surface area contributed by atoms with Crippen LogP contribution in [0.2, 0.25) is 0 Å². The van der Waals surface area contributed by atoms with Gasteiger partial charge in [0, 0.05) is 26.7 Å². The van der Waals surface area contributed by atoms with Crippen LogP contribution in [0.25, 0.3) is 0 Å². The molecule has 0 aliphatic carbocycles. The summed E-state index contributed by atoms with van der Waals surface area (Å²) in [7, 11) is 1.74. The minimum Gasteiger partial charge on any atom is -0.383 e. The molecular weight excluding hydrogens is 212 g/mol. The zero-order chi connectivity index (χ0) is 12.6. The Labute approximate surface area is 108 Å². The van der Waals surface area contributed by atoms with Gasteiger partial charge in [-0.3, -0.25) is 0 Å². The van der Waals surface area contributed by atoms with Crippen molar-refractivity contribution < 1.29 is 4.74 Å². The quantitative estimate of drug-likeness (QED) is 0.461. The van der Waals surface area contributed by atoms with Gasteiger partial charge in [0.1, 0.15) is 0 Å². The molecule has 0 spiro atoms. The third-order valence-electron chi connectivity index (χ3n) is 2.92. The smallest absolute Gasteiger partial charge is 0.0587 e. The molecule has 2 N–H and O–H groups in total. The molecule has 0 aromatic heterocycles. The summed E-state index contributed by atoms with van der Waals surface area (Å²) in [5, 5.41) is 6.79. The molecule has 0 atom stereocenters. The molecule has 0 aliphatic rings. The molecule has 3 nitrogen and oxygen atoms in total. The van der Waals surface area contributed by atoms with Crippen molar-refractivity contribution in [1.29, 1.82) is 0 Å². The van der Waals surface area contributed by atoms with Crippen LogP contribution in [0.4, 0.5) is 0 Å². The first kappa shape index (κ1) is 16.9. The Hall–Kier alpha value is -0.120. The molecule has 17 heavy (non-hydrogen) atoms. The van der Waals surface area contributed by atoms with Crippen LogP contribution in [0.1, 0.15) is 51.9 Å². The monoisotopic (exact) mass is 244 g/mol. The lowest BCUT2D eigenvalue weighted by Crippen LogP contribution is -2.29. The fraction of sp³-hybridized carbons (Fsp3) is 1.00. The lowest BCUT2D eigenvalue weighted by Gasteiger charge is -2.06. The molecule has 0 bridgehead atoms. The average Bonchev–Trinajstić information content (AvgIpc) is 2.35. The van der Waals surface area contributed by atoms with Crippen molar-refractivity contribution in [3.8, 4) is 0 Å². The van der Waals surface area contributed by atoms with Gasteiger partial charge in [-0.15, -0.1) is 0 Å². The first-order valence-electron chi connectivity index (χ1n) is 7.32. The van der Waals surface area contributed by atoms with Crippen LogP contribution in [0, 0.1) is 0 Å². The number of hydrogen-bond acceptors (Lipinski definition) is 3. The zero-order valence-electron chi connectivity index (χ0n) is 11.9. The Kier molecular flexibility index (Phi) is 15.8. The second kappa shape index (κ2) is 15.9. The lowest BCUT2D eigenvalue weighted by molar-refractivity contribution is 0.199. The van der Waals surface area contributed by atoms with Crippen LogP contribution in [0.5, 0.6) is 0 Å². The van der Waals surface area contributed by atoms with Crippen molar-refractivity contribution in [2.24, 2.45) is 0 Å². The molecule has 0 saturated carbocycles. The number of methoxy groups -OCH3 is 1. The Morgan fingerprint density at radius 3 is 1.94 bits per heavy atom. The second-order valence-corrected chi connectivity index (χ2v) is 4.61. The van der Waals surface area contributed by atoms with Gasteiger partial charge in [0.15, 0.2) is 0 Å². The van der Waals surface area contributed by atoms with Crippen LogP contribution >= 0.6 is 0 Å². The largest absolute Gasteiger partial charge is 0.383 e. The third-order valence-corrected chi connectivity index (χ3v) is 2.92. The molecule has 0 aromatic carbocycles. The summed E-state index contributed by atoms with van der Waals surface area (Å²) >= 11 is 0. The Morgan fingerprint density at radius 2 is 1.29 bits per heavy atom. The van der Waals surface area contributed by atoms with Crippen LogP contribution in [-0.4, -0.2) is 39.9 Å². The number of ether oxygens (including phenoxy) is 1. The Morgan fingerprint density at radius 1 is 0.706 bits per heavy atom. The minimum absolute atomic E-state index is 0.803. The Bertz CT molecular complexity index is 117. The van der Waals surface area contributed by atoms with Gasteiger partial charge in [0.25, 0.3) is 0 Å². The first-order chi connectivity index (χ1) is 8.41. The average molecular weight is 244 g/mol. The van der Waals surface area contributed by atoms with Crippen LogP contribution < -0.4 is 10.6 Å². The summed E-state index contributed by atoms with van der Waals surface area (Å²) in [5.41, 5.74) is 0. The topological polar surface area (TPSA) is 33.3 Å². The van der Waals surface area contributed by atoms with Crippen LogP contribution in [0.3, 0.4) is 0 Å². The van der Waals surface area contributed by atoms with E-state index in [1.807, 2.05) is 0 Å². The second-order valence-electron chi connectivity index (χ2n) is 4.61. The summed E-state index contributed by atoms with van der Waals surface area (Å²) in [4.78, 5) is 0. The first-order valence-corrected chi connectivity index (χ1v) is 7.32. The van der Waals surface area contributed by atoms with E-state index in [2.05, 4.69) is 17.6 Å². The molecule has 0 fully saturated rings. The van der Waals surface area contributed by atoms with Crippen molar-refractivity contribution in [1.82, 2.24) is 10.6 Å². The fourth-order valence-corrected chi connectivity index (χ4v) is 1.81. The molecule has 0 radical (unpaired) electrons. The predicted octanol–water partition coefficient (Wildman–Crippen LogP) is 2.56. The van der Waals surface area contributed by atoms with E-state index in [1.54, 1.807) is 7.11 Å². The highest BCUT2D eigenvalue weighted by molar-refractivity contribution is 4.53. The van der Waals surface area contributed by atoms with Gasteiger partial charge in [0.2, 0.25) is 0 Å². The molecule has 0 aromatic rings. The van der Waals surface area contributed by atoms with Crippen LogP contribution in [-0.2, 0) is 4.74 Å². The van der Waals surface area contributed by atoms with E-state index in [0.717, 1.165) is 26.2 Å². The van der Waals surface area contributed by atoms with Gasteiger partial charge in [0.05, 0.1) is 6.61 Å². The fourth-order valence-electron chi connectivity index (χ4n) is 1.81. The predicted molar refractivity (Wildman–Crippen MR) is 75.6 cm³/mol. The van der Waals surface area contributed by atoms with Gasteiger partial charge in [-0.25, -0.2) is 0 Å². The standard InChI is InChI=1S/C14H32N2O/c1-3-4-5-6-7-8-9-10-15-11-12-16-13-14-17-2/h15-16H,3-14H2,1-2H3. The van der Waals surface area contributed by atoms with E-state index in [1.165, 1.54) is 51.5 Å². The van der Waals surface area contributed by atoms with Crippen molar-refractivity contribution >= 4 is 0 Å². The molecule has 0 rings (SSSR count). The summed E-state index contributed by atoms with van der Waals surface area (Å²) in [6.45, 7) is 7.30. The highest BCUT2D eigenvalue weighted by Gasteiger charge is 1.91. The van der Waals surface area contributed by atoms with Crippen LogP contribution in [0.15, 0.2) is 0 Å². The van der Waals surface area contributed by atoms with Crippen molar-refractivity contribution in [2.75, 3.05) is 39.9 Å². The molecule has 0 heterocycles. The third kappa shape index (κ3) is 15.9. The maximum Gasteiger partial charge on any atom is 0.0587 e. The summed E-state index contributed by atoms with van der Waals surface area (Å²) in [6, 6.07) is 0. The summed E-state index contributed by atoms with van der Waals surface area (Å²) in [5.74, 6) is 0. The summed E-state index contributed by atoms with van der Waals surface area (Å²) < 4.78 is 4.96. The normalized spacial score (nSPS) is 10.9. The van der Waals surface area contributed by atoms with E-state index < -0.39 is 0 Å². The van der Waals surface area contributed by atoms with E-state index in [9.17, 15) is 0 Å². The molecule has 0 amide bonds. The lowest BCUT2D eigenvalue weighted by atomic mass is 10.1. The van der Waals surface area contributed by atoms with E-state index in [4.69, 9.17) is 4.74 Å². The molecule has 3 heteroatoms. The van der Waals surface area contributed by atoms with Gasteiger partial charge < -0.3 is 15.4 Å². The molecule has 104 valence electrons. The van der Waals surface area contributed by atoms with E-state index in [-0.39, 0.29) is 0 Å². The SMILES string of the molecule is CCCCCCCCCNCCNCCOC. The van der Waals surface area contributed by atoms with Gasteiger partial charge in [-0.05, 0) is 13.0 Å². The number of nitrogens with one attached hydrogen (secondary N) is 2. The minimum atomic E-state index is 0.803. The maximum atomic E-state index is 4.96. The number of hydrogen-bond donors (Lipinski definition) is 2. The zero-order valence-corrected chi connectivity index (χ0v) is 11.9. The number of rotatable bonds is 14. The van der Waals surface area contributed by atoms with E-state index in [0.29, 0.717) is 0 Å². The maximum absolute atomic E-state index is 4.96. The summed E-state index contributed by atoms with van der Waals surface area (Å²) in [6.07, 6.45) is 9.72. The highest BCUT2D eigenvalue weighted by atomic mass is 16.5. The molecule has 0 aliphatic heterocycles. The van der Waals surface area contributed by atoms with Gasteiger partial charge in [-0.2, -0.15) is 0 Å². The van der Waals surface area contributed by atoms with Gasteiger partial charge in [-0.1, -0.05) is 45.4 Å². The van der Waals surface area contributed by atoms with Crippen molar-refractivity contribution in [2.45, 2.75) is 51.9 Å².